The molecule has 9 heteroatoms. The molecule has 2 aromatic carbocycles. The number of rotatable bonds is 9. The lowest BCUT2D eigenvalue weighted by molar-refractivity contribution is -0.129. The third-order valence-corrected chi connectivity index (χ3v) is 4.59. The first-order valence-corrected chi connectivity index (χ1v) is 9.53. The van der Waals surface area contributed by atoms with Gasteiger partial charge in [-0.05, 0) is 30.3 Å². The Kier molecular flexibility index (Phi) is 7.24. The van der Waals surface area contributed by atoms with E-state index in [4.69, 9.17) is 4.84 Å². The molecule has 1 atom stereocenters. The highest BCUT2D eigenvalue weighted by atomic mass is 19.1. The van der Waals surface area contributed by atoms with E-state index in [1.807, 2.05) is 0 Å². The molecule has 162 valence electrons. The number of likely N-dealkylation sites (N-methyl/N-ethyl adjacent to an activating group) is 1. The number of aromatic nitrogens is 2. The number of aliphatic hydroxyl groups is 1. The van der Waals surface area contributed by atoms with Crippen LogP contribution in [0.1, 0.15) is 26.3 Å². The number of hydrogen-bond acceptors (Lipinski definition) is 6. The van der Waals surface area contributed by atoms with Crippen LogP contribution in [0.5, 0.6) is 0 Å². The second-order valence-electron chi connectivity index (χ2n) is 6.93. The van der Waals surface area contributed by atoms with Gasteiger partial charge in [-0.25, -0.2) is 4.39 Å². The molecule has 0 saturated carbocycles. The van der Waals surface area contributed by atoms with Crippen molar-refractivity contribution in [2.24, 2.45) is 0 Å². The van der Waals surface area contributed by atoms with Gasteiger partial charge < -0.3 is 15.3 Å². The van der Waals surface area contributed by atoms with Crippen LogP contribution in [0.25, 0.3) is 0 Å². The van der Waals surface area contributed by atoms with Gasteiger partial charge in [0.2, 0.25) is 0 Å². The van der Waals surface area contributed by atoms with Crippen LogP contribution in [0.4, 0.5) is 10.1 Å². The van der Waals surface area contributed by atoms with Crippen LogP contribution in [-0.4, -0.2) is 58.4 Å². The summed E-state index contributed by atoms with van der Waals surface area (Å²) in [6.07, 6.45) is 2.32. The molecule has 0 aliphatic rings. The van der Waals surface area contributed by atoms with E-state index in [9.17, 15) is 19.1 Å². The summed E-state index contributed by atoms with van der Waals surface area (Å²) < 4.78 is 14.7. The van der Waals surface area contributed by atoms with E-state index in [2.05, 4.69) is 10.4 Å². The summed E-state index contributed by atoms with van der Waals surface area (Å²) in [5.74, 6) is -1.31. The van der Waals surface area contributed by atoms with Gasteiger partial charge >= 0.3 is 0 Å². The molecule has 0 saturated heterocycles. The van der Waals surface area contributed by atoms with E-state index in [0.29, 0.717) is 5.69 Å². The zero-order valence-electron chi connectivity index (χ0n) is 17.2. The molecule has 2 N–H and O–H groups in total. The first-order valence-electron chi connectivity index (χ1n) is 9.53. The Morgan fingerprint density at radius 3 is 2.55 bits per heavy atom. The molecule has 8 nitrogen and oxygen atoms in total. The molecule has 0 fully saturated rings. The molecule has 1 heterocycles. The third-order valence-electron chi connectivity index (χ3n) is 4.59. The molecule has 3 aromatic rings. The van der Waals surface area contributed by atoms with Gasteiger partial charge in [-0.15, -0.1) is 0 Å². The zero-order chi connectivity index (χ0) is 22.4. The minimum absolute atomic E-state index is 0.186. The van der Waals surface area contributed by atoms with Crippen LogP contribution < -0.4 is 5.32 Å². The first kappa shape index (κ1) is 22.3. The van der Waals surface area contributed by atoms with Gasteiger partial charge in [0.1, 0.15) is 5.82 Å². The van der Waals surface area contributed by atoms with Crippen LogP contribution in [0.15, 0.2) is 60.9 Å². The molecular formula is C22H23FN4O4. The topological polar surface area (TPSA) is 96.7 Å². The van der Waals surface area contributed by atoms with E-state index in [1.165, 1.54) is 47.3 Å². The van der Waals surface area contributed by atoms with Crippen molar-refractivity contribution >= 4 is 17.4 Å². The molecule has 0 radical (unpaired) electrons. The second-order valence-corrected chi connectivity index (χ2v) is 6.93. The third kappa shape index (κ3) is 5.82. The molecular weight excluding hydrogens is 403 g/mol. The zero-order valence-corrected chi connectivity index (χ0v) is 17.2. The number of halogens is 1. The van der Waals surface area contributed by atoms with Gasteiger partial charge in [0, 0.05) is 24.4 Å². The number of nitrogens with one attached hydrogen (secondary N) is 1. The number of anilines is 1. The van der Waals surface area contributed by atoms with E-state index >= 15 is 0 Å². The highest BCUT2D eigenvalue weighted by molar-refractivity contribution is 6.17. The predicted molar refractivity (Wildman–Crippen MR) is 112 cm³/mol. The van der Waals surface area contributed by atoms with Crippen molar-refractivity contribution < 1.29 is 23.9 Å². The van der Waals surface area contributed by atoms with Crippen LogP contribution in [0.3, 0.4) is 0 Å². The molecule has 3 rings (SSSR count). The van der Waals surface area contributed by atoms with Crippen LogP contribution in [0, 0.1) is 5.82 Å². The number of benzene rings is 2. The average molecular weight is 426 g/mol. The molecule has 1 amide bonds. The fourth-order valence-corrected chi connectivity index (χ4v) is 3.01. The molecule has 0 aliphatic carbocycles. The van der Waals surface area contributed by atoms with Gasteiger partial charge in [-0.1, -0.05) is 18.2 Å². The minimum atomic E-state index is -0.720. The van der Waals surface area contributed by atoms with E-state index in [1.54, 1.807) is 37.5 Å². The lowest BCUT2D eigenvalue weighted by Gasteiger charge is -2.17. The molecule has 1 aromatic heterocycles. The molecule has 31 heavy (non-hydrogen) atoms. The van der Waals surface area contributed by atoms with Crippen molar-refractivity contribution in [2.75, 3.05) is 26.0 Å². The summed E-state index contributed by atoms with van der Waals surface area (Å²) in [6, 6.07) is 11.6. The predicted octanol–water partition coefficient (Wildman–Crippen LogP) is 2.36. The Balaban J connectivity index is 1.71. The lowest BCUT2D eigenvalue weighted by Crippen LogP contribution is -2.31. The summed E-state index contributed by atoms with van der Waals surface area (Å²) in [5, 5.41) is 18.4. The largest absolute Gasteiger partial charge is 0.390 e. The van der Waals surface area contributed by atoms with Gasteiger partial charge in [0.15, 0.2) is 5.78 Å². The number of amides is 1. The lowest BCUT2D eigenvalue weighted by atomic mass is 9.98. The minimum Gasteiger partial charge on any atom is -0.390 e. The van der Waals surface area contributed by atoms with Crippen molar-refractivity contribution in [3.05, 3.63) is 83.4 Å². The summed E-state index contributed by atoms with van der Waals surface area (Å²) in [4.78, 5) is 30.6. The van der Waals surface area contributed by atoms with Gasteiger partial charge in [0.25, 0.3) is 5.91 Å². The number of nitrogens with zero attached hydrogens (tertiary/aromatic N) is 3. The fourth-order valence-electron chi connectivity index (χ4n) is 3.01. The number of carbonyl (C=O) groups excluding carboxylic acids is 2. The Bertz CT molecular complexity index is 1050. The molecule has 0 bridgehead atoms. The Morgan fingerprint density at radius 2 is 1.87 bits per heavy atom. The highest BCUT2D eigenvalue weighted by Crippen LogP contribution is 2.17. The van der Waals surface area contributed by atoms with E-state index < -0.39 is 17.8 Å². The van der Waals surface area contributed by atoms with Crippen LogP contribution in [-0.2, 0) is 11.4 Å². The number of carbonyl (C=O) groups is 2. The van der Waals surface area contributed by atoms with E-state index in [-0.39, 0.29) is 35.6 Å². The Hall–Kier alpha value is -3.40. The quantitative estimate of drug-likeness (QED) is 0.403. The van der Waals surface area contributed by atoms with Crippen LogP contribution >= 0.6 is 0 Å². The van der Waals surface area contributed by atoms with Crippen molar-refractivity contribution in [1.29, 1.82) is 0 Å². The highest BCUT2D eigenvalue weighted by Gasteiger charge is 2.19. The second kappa shape index (κ2) is 10.1. The van der Waals surface area contributed by atoms with E-state index in [0.717, 1.165) is 0 Å². The summed E-state index contributed by atoms with van der Waals surface area (Å²) in [6.45, 7) is 0.500. The first-order chi connectivity index (χ1) is 14.9. The molecule has 0 unspecified atom stereocenters. The fraction of sp³-hybridized carbons (Fsp3) is 0.227. The Morgan fingerprint density at radius 1 is 1.19 bits per heavy atom. The average Bonchev–Trinajstić information content (AvgIpc) is 3.19. The SMILES string of the molecule is CON(C)C[C@@H](O)Cn1cc(NC(=O)c2ccccc2C(=O)c2ccc(F)cc2)cn1. The summed E-state index contributed by atoms with van der Waals surface area (Å²) in [7, 11) is 3.20. The number of aliphatic hydroxyl groups excluding tert-OH is 1. The summed E-state index contributed by atoms with van der Waals surface area (Å²) >= 11 is 0. The van der Waals surface area contributed by atoms with Crippen molar-refractivity contribution in [3.8, 4) is 0 Å². The van der Waals surface area contributed by atoms with Crippen molar-refractivity contribution in [1.82, 2.24) is 14.8 Å². The number of hydrogen-bond donors (Lipinski definition) is 2. The standard InChI is InChI=1S/C22H23FN4O4/c1-26(31-2)13-18(28)14-27-12-17(11-24-27)25-22(30)20-6-4-3-5-19(20)21(29)15-7-9-16(23)10-8-15/h3-12,18,28H,13-14H2,1-2H3,(H,25,30)/t18-/m1/s1. The maximum atomic E-state index is 13.2. The smallest absolute Gasteiger partial charge is 0.256 e. The van der Waals surface area contributed by atoms with Crippen molar-refractivity contribution in [2.45, 2.75) is 12.6 Å². The number of ketones is 1. The normalized spacial score (nSPS) is 12.0. The maximum Gasteiger partial charge on any atom is 0.256 e. The monoisotopic (exact) mass is 426 g/mol. The maximum absolute atomic E-state index is 13.2. The van der Waals surface area contributed by atoms with Crippen LogP contribution in [0.2, 0.25) is 0 Å². The Labute approximate surface area is 178 Å². The van der Waals surface area contributed by atoms with Gasteiger partial charge in [-0.2, -0.15) is 10.2 Å². The van der Waals surface area contributed by atoms with Crippen molar-refractivity contribution in [3.63, 3.8) is 0 Å². The van der Waals surface area contributed by atoms with Gasteiger partial charge in [-0.3, -0.25) is 14.3 Å². The summed E-state index contributed by atoms with van der Waals surface area (Å²) in [5.41, 5.74) is 1.09. The molecule has 0 aliphatic heterocycles. The number of hydroxylamine groups is 2. The molecule has 0 spiro atoms. The van der Waals surface area contributed by atoms with Gasteiger partial charge in [0.05, 0.1) is 43.8 Å².